The zero-order valence-corrected chi connectivity index (χ0v) is 9.88. The zero-order valence-electron chi connectivity index (χ0n) is 8.29. The van der Waals surface area contributed by atoms with Gasteiger partial charge in [0.15, 0.2) is 0 Å². The Morgan fingerprint density at radius 2 is 2.31 bits per heavy atom. The molecule has 13 heavy (non-hydrogen) atoms. The number of carbonyl (C=O) groups is 1. The van der Waals surface area contributed by atoms with Crippen molar-refractivity contribution in [3.63, 3.8) is 0 Å². The van der Waals surface area contributed by atoms with Crippen LogP contribution in [0.2, 0.25) is 0 Å². The average molecular weight is 249 g/mol. The van der Waals surface area contributed by atoms with Gasteiger partial charge in [-0.2, -0.15) is 0 Å². The number of hydrogen-bond donors (Lipinski definition) is 0. The molecule has 1 aliphatic heterocycles. The summed E-state index contributed by atoms with van der Waals surface area (Å²) in [5.74, 6) is 0.226. The van der Waals surface area contributed by atoms with Crippen LogP contribution < -0.4 is 0 Å². The quantitative estimate of drug-likeness (QED) is 0.695. The van der Waals surface area contributed by atoms with Gasteiger partial charge < -0.3 is 9.80 Å². The number of likely N-dealkylation sites (tertiary alicyclic amines) is 1. The van der Waals surface area contributed by atoms with E-state index in [1.807, 2.05) is 4.90 Å². The molecule has 1 saturated heterocycles. The van der Waals surface area contributed by atoms with Crippen LogP contribution in [0.5, 0.6) is 0 Å². The standard InChI is InChI=1S/C9H17BrN2O/c1-11(2)7-8-4-3-5-12(8)9(13)6-10/h8H,3-7H2,1-2H3. The Kier molecular flexibility index (Phi) is 4.19. The van der Waals surface area contributed by atoms with Crippen molar-refractivity contribution in [3.05, 3.63) is 0 Å². The summed E-state index contributed by atoms with van der Waals surface area (Å²) >= 11 is 3.21. The van der Waals surface area contributed by atoms with Crippen molar-refractivity contribution in [2.45, 2.75) is 18.9 Å². The van der Waals surface area contributed by atoms with E-state index < -0.39 is 0 Å². The molecule has 0 spiro atoms. The van der Waals surface area contributed by atoms with Gasteiger partial charge in [0.25, 0.3) is 0 Å². The molecule has 1 fully saturated rings. The molecule has 3 nitrogen and oxygen atoms in total. The summed E-state index contributed by atoms with van der Waals surface area (Å²) in [5, 5.41) is 0.455. The normalized spacial score (nSPS) is 22.8. The number of amides is 1. The van der Waals surface area contributed by atoms with Gasteiger partial charge in [-0.05, 0) is 26.9 Å². The molecule has 0 aliphatic carbocycles. The Labute approximate surface area is 88.2 Å². The first-order valence-corrected chi connectivity index (χ1v) is 5.77. The molecule has 0 saturated carbocycles. The van der Waals surface area contributed by atoms with E-state index in [1.165, 1.54) is 0 Å². The maximum atomic E-state index is 11.5. The number of carbonyl (C=O) groups excluding carboxylic acids is 1. The van der Waals surface area contributed by atoms with Gasteiger partial charge in [-0.25, -0.2) is 0 Å². The summed E-state index contributed by atoms with van der Waals surface area (Å²) in [6.07, 6.45) is 2.30. The molecule has 0 N–H and O–H groups in total. The average Bonchev–Trinajstić information content (AvgIpc) is 2.50. The second-order valence-corrected chi connectivity index (χ2v) is 4.34. The lowest BCUT2D eigenvalue weighted by molar-refractivity contribution is -0.129. The summed E-state index contributed by atoms with van der Waals surface area (Å²) in [6.45, 7) is 1.92. The van der Waals surface area contributed by atoms with Gasteiger partial charge in [0.1, 0.15) is 0 Å². The minimum atomic E-state index is 0.226. The molecule has 4 heteroatoms. The highest BCUT2D eigenvalue weighted by atomic mass is 79.9. The van der Waals surface area contributed by atoms with Crippen molar-refractivity contribution in [3.8, 4) is 0 Å². The summed E-state index contributed by atoms with van der Waals surface area (Å²) in [7, 11) is 4.10. The Hall–Kier alpha value is -0.0900. The fraction of sp³-hybridized carbons (Fsp3) is 0.889. The number of hydrogen-bond acceptors (Lipinski definition) is 2. The predicted molar refractivity (Wildman–Crippen MR) is 57.1 cm³/mol. The van der Waals surface area contributed by atoms with E-state index in [-0.39, 0.29) is 5.91 Å². The third kappa shape index (κ3) is 2.95. The number of nitrogens with zero attached hydrogens (tertiary/aromatic N) is 2. The molecule has 0 aromatic heterocycles. The van der Waals surface area contributed by atoms with E-state index >= 15 is 0 Å². The second kappa shape index (κ2) is 4.96. The van der Waals surface area contributed by atoms with Crippen LogP contribution in [-0.4, -0.2) is 54.3 Å². The summed E-state index contributed by atoms with van der Waals surface area (Å²) in [6, 6.07) is 0.431. The van der Waals surface area contributed by atoms with Crippen LogP contribution in [0.1, 0.15) is 12.8 Å². The molecule has 0 aromatic rings. The lowest BCUT2D eigenvalue weighted by atomic mass is 10.2. The fourth-order valence-electron chi connectivity index (χ4n) is 1.85. The smallest absolute Gasteiger partial charge is 0.233 e. The van der Waals surface area contributed by atoms with E-state index in [4.69, 9.17) is 0 Å². The third-order valence-corrected chi connectivity index (χ3v) is 2.87. The molecule has 76 valence electrons. The van der Waals surface area contributed by atoms with Gasteiger partial charge in [0.05, 0.1) is 5.33 Å². The first kappa shape index (κ1) is 11.0. The first-order valence-electron chi connectivity index (χ1n) is 4.65. The van der Waals surface area contributed by atoms with Crippen LogP contribution in [0.25, 0.3) is 0 Å². The van der Waals surface area contributed by atoms with Gasteiger partial charge in [-0.3, -0.25) is 4.79 Å². The fourth-order valence-corrected chi connectivity index (χ4v) is 2.17. The topological polar surface area (TPSA) is 23.6 Å². The number of alkyl halides is 1. The molecule has 1 unspecified atom stereocenters. The summed E-state index contributed by atoms with van der Waals surface area (Å²) in [5.41, 5.74) is 0. The molecule has 0 radical (unpaired) electrons. The van der Waals surface area contributed by atoms with Crippen LogP contribution in [0.15, 0.2) is 0 Å². The van der Waals surface area contributed by atoms with E-state index in [9.17, 15) is 4.79 Å². The van der Waals surface area contributed by atoms with Crippen molar-refractivity contribution in [2.75, 3.05) is 32.5 Å². The number of halogens is 1. The van der Waals surface area contributed by atoms with Crippen LogP contribution in [0, 0.1) is 0 Å². The van der Waals surface area contributed by atoms with Crippen molar-refractivity contribution >= 4 is 21.8 Å². The molecular formula is C9H17BrN2O. The summed E-state index contributed by atoms with van der Waals surface area (Å²) in [4.78, 5) is 15.6. The van der Waals surface area contributed by atoms with Crippen molar-refractivity contribution in [1.29, 1.82) is 0 Å². The maximum Gasteiger partial charge on any atom is 0.233 e. The Balaban J connectivity index is 2.48. The minimum Gasteiger partial charge on any atom is -0.338 e. The highest BCUT2D eigenvalue weighted by Crippen LogP contribution is 2.18. The molecular weight excluding hydrogens is 232 g/mol. The molecule has 0 bridgehead atoms. The van der Waals surface area contributed by atoms with E-state index in [0.29, 0.717) is 11.4 Å². The summed E-state index contributed by atoms with van der Waals surface area (Å²) < 4.78 is 0. The Morgan fingerprint density at radius 3 is 2.85 bits per heavy atom. The van der Waals surface area contributed by atoms with Gasteiger partial charge in [-0.1, -0.05) is 15.9 Å². The molecule has 1 aliphatic rings. The molecule has 1 atom stereocenters. The monoisotopic (exact) mass is 248 g/mol. The van der Waals surface area contributed by atoms with E-state index in [2.05, 4.69) is 34.9 Å². The predicted octanol–water partition coefficient (Wildman–Crippen LogP) is 0.934. The van der Waals surface area contributed by atoms with Crippen LogP contribution >= 0.6 is 15.9 Å². The van der Waals surface area contributed by atoms with Crippen LogP contribution in [-0.2, 0) is 4.79 Å². The van der Waals surface area contributed by atoms with Gasteiger partial charge >= 0.3 is 0 Å². The van der Waals surface area contributed by atoms with Crippen molar-refractivity contribution in [1.82, 2.24) is 9.80 Å². The minimum absolute atomic E-state index is 0.226. The molecule has 1 heterocycles. The lowest BCUT2D eigenvalue weighted by Gasteiger charge is -2.26. The number of likely N-dealkylation sites (N-methyl/N-ethyl adjacent to an activating group) is 1. The van der Waals surface area contributed by atoms with Gasteiger partial charge in [0.2, 0.25) is 5.91 Å². The van der Waals surface area contributed by atoms with E-state index in [0.717, 1.165) is 25.9 Å². The number of rotatable bonds is 3. The largest absolute Gasteiger partial charge is 0.338 e. The third-order valence-electron chi connectivity index (χ3n) is 2.39. The SMILES string of the molecule is CN(C)CC1CCCN1C(=O)CBr. The highest BCUT2D eigenvalue weighted by molar-refractivity contribution is 9.09. The van der Waals surface area contributed by atoms with Crippen LogP contribution in [0.3, 0.4) is 0 Å². The Morgan fingerprint density at radius 1 is 1.62 bits per heavy atom. The van der Waals surface area contributed by atoms with Crippen molar-refractivity contribution in [2.24, 2.45) is 0 Å². The Bertz CT molecular complexity index is 184. The highest BCUT2D eigenvalue weighted by Gasteiger charge is 2.27. The zero-order chi connectivity index (χ0) is 9.84. The van der Waals surface area contributed by atoms with Crippen LogP contribution in [0.4, 0.5) is 0 Å². The maximum absolute atomic E-state index is 11.5. The molecule has 0 aromatic carbocycles. The van der Waals surface area contributed by atoms with Gasteiger partial charge in [0, 0.05) is 19.1 Å². The first-order chi connectivity index (χ1) is 6.15. The van der Waals surface area contributed by atoms with Crippen molar-refractivity contribution < 1.29 is 4.79 Å². The molecule has 1 rings (SSSR count). The molecule has 1 amide bonds. The van der Waals surface area contributed by atoms with E-state index in [1.54, 1.807) is 0 Å². The van der Waals surface area contributed by atoms with Gasteiger partial charge in [-0.15, -0.1) is 0 Å². The second-order valence-electron chi connectivity index (χ2n) is 3.78. The lowest BCUT2D eigenvalue weighted by Crippen LogP contribution is -2.41.